The fraction of sp³-hybridized carbons (Fsp3) is 0.440. The first-order valence-electron chi connectivity index (χ1n) is 10.2. The summed E-state index contributed by atoms with van der Waals surface area (Å²) in [4.78, 5) is 0. The van der Waals surface area contributed by atoms with Crippen LogP contribution in [-0.4, -0.2) is 41.7 Å². The molecule has 1 aliphatic heterocycles. The van der Waals surface area contributed by atoms with E-state index in [0.717, 1.165) is 22.3 Å². The number of aliphatic hydroxyl groups excluding tert-OH is 2. The quantitative estimate of drug-likeness (QED) is 0.698. The van der Waals surface area contributed by atoms with E-state index >= 15 is 0 Å². The Morgan fingerprint density at radius 2 is 1.90 bits per heavy atom. The maximum atomic E-state index is 10.1. The van der Waals surface area contributed by atoms with Gasteiger partial charge in [-0.15, -0.1) is 0 Å². The topological polar surface area (TPSA) is 58.9 Å². The second-order valence-electron chi connectivity index (χ2n) is 8.24. The number of hydrogen-bond donors (Lipinski definition) is 2. The van der Waals surface area contributed by atoms with E-state index in [-0.39, 0.29) is 18.8 Å². The Morgan fingerprint density at radius 1 is 1.17 bits per heavy atom. The first-order chi connectivity index (χ1) is 14.3. The van der Waals surface area contributed by atoms with Crippen molar-refractivity contribution in [2.45, 2.75) is 57.0 Å². The van der Waals surface area contributed by atoms with Gasteiger partial charge in [0.2, 0.25) is 0 Å². The van der Waals surface area contributed by atoms with E-state index in [4.69, 9.17) is 21.1 Å². The monoisotopic (exact) mass is 428 g/mol. The fourth-order valence-corrected chi connectivity index (χ4v) is 3.64. The van der Waals surface area contributed by atoms with Crippen LogP contribution in [0.4, 0.5) is 0 Å². The number of methoxy groups -OCH3 is 1. The van der Waals surface area contributed by atoms with Crippen LogP contribution in [0.2, 0.25) is 5.02 Å². The van der Waals surface area contributed by atoms with Crippen molar-refractivity contribution in [3.8, 4) is 11.8 Å². The molecule has 3 rings (SSSR count). The van der Waals surface area contributed by atoms with E-state index in [2.05, 4.69) is 24.0 Å². The Morgan fingerprint density at radius 3 is 2.57 bits per heavy atom. The van der Waals surface area contributed by atoms with E-state index in [9.17, 15) is 10.2 Å². The van der Waals surface area contributed by atoms with Crippen molar-refractivity contribution in [1.82, 2.24) is 0 Å². The van der Waals surface area contributed by atoms with Crippen LogP contribution >= 0.6 is 11.6 Å². The number of hydrogen-bond acceptors (Lipinski definition) is 4. The van der Waals surface area contributed by atoms with E-state index in [1.807, 2.05) is 44.2 Å². The Bertz CT molecular complexity index is 911. The van der Waals surface area contributed by atoms with Gasteiger partial charge in [0.1, 0.15) is 5.60 Å². The summed E-state index contributed by atoms with van der Waals surface area (Å²) in [5.74, 6) is 6.26. The predicted octanol–water partition coefficient (Wildman–Crippen LogP) is 4.28. The van der Waals surface area contributed by atoms with Gasteiger partial charge in [0.05, 0.1) is 24.9 Å². The third-order valence-electron chi connectivity index (χ3n) is 5.39. The molecule has 2 aromatic carbocycles. The highest BCUT2D eigenvalue weighted by Gasteiger charge is 2.29. The van der Waals surface area contributed by atoms with Crippen molar-refractivity contribution in [3.05, 3.63) is 69.7 Å². The van der Waals surface area contributed by atoms with Gasteiger partial charge in [0.25, 0.3) is 0 Å². The first kappa shape index (κ1) is 22.8. The average molecular weight is 429 g/mol. The molecule has 2 N–H and O–H groups in total. The summed E-state index contributed by atoms with van der Waals surface area (Å²) in [5, 5.41) is 20.2. The Labute approximate surface area is 183 Å². The fourth-order valence-electron chi connectivity index (χ4n) is 3.45. The SMILES string of the molecule is COC(C)(C)C#Cc1ccc(Cc2cc(C3CC(O)CC(CO)O3)ccc2Cl)cc1. The highest BCUT2D eigenvalue weighted by molar-refractivity contribution is 6.31. The molecule has 3 unspecified atom stereocenters. The van der Waals surface area contributed by atoms with Crippen molar-refractivity contribution < 1.29 is 19.7 Å². The lowest BCUT2D eigenvalue weighted by Gasteiger charge is -2.32. The average Bonchev–Trinajstić information content (AvgIpc) is 2.74. The molecular weight excluding hydrogens is 400 g/mol. The molecule has 160 valence electrons. The molecule has 30 heavy (non-hydrogen) atoms. The summed E-state index contributed by atoms with van der Waals surface area (Å²) in [5.41, 5.74) is 3.55. The Hall–Kier alpha value is -1.87. The summed E-state index contributed by atoms with van der Waals surface area (Å²) >= 11 is 6.45. The molecule has 5 heteroatoms. The van der Waals surface area contributed by atoms with Crippen molar-refractivity contribution in [1.29, 1.82) is 0 Å². The standard InChI is InChI=1S/C25H29ClO4/c1-25(2,29-3)11-10-17-4-6-18(7-5-17)12-20-13-19(8-9-23(20)26)24-15-21(28)14-22(16-27)30-24/h4-9,13,21-22,24,27-28H,12,14-16H2,1-3H3. The minimum absolute atomic E-state index is 0.0924. The molecular formula is C25H29ClO4. The van der Waals surface area contributed by atoms with E-state index < -0.39 is 11.7 Å². The molecule has 0 aromatic heterocycles. The highest BCUT2D eigenvalue weighted by Crippen LogP contribution is 2.33. The van der Waals surface area contributed by atoms with Crippen LogP contribution in [0.1, 0.15) is 55.0 Å². The van der Waals surface area contributed by atoms with E-state index in [1.165, 1.54) is 0 Å². The number of ether oxygens (including phenoxy) is 2. The van der Waals surface area contributed by atoms with Crippen molar-refractivity contribution in [2.24, 2.45) is 0 Å². The van der Waals surface area contributed by atoms with Crippen LogP contribution in [0.5, 0.6) is 0 Å². The van der Waals surface area contributed by atoms with Crippen LogP contribution in [-0.2, 0) is 15.9 Å². The molecule has 1 fully saturated rings. The maximum Gasteiger partial charge on any atom is 0.123 e. The molecule has 0 bridgehead atoms. The molecule has 4 nitrogen and oxygen atoms in total. The molecule has 0 radical (unpaired) electrons. The maximum absolute atomic E-state index is 10.1. The van der Waals surface area contributed by atoms with E-state index in [0.29, 0.717) is 24.3 Å². The van der Waals surface area contributed by atoms with Crippen molar-refractivity contribution in [2.75, 3.05) is 13.7 Å². The Kier molecular flexibility index (Phi) is 7.57. The van der Waals surface area contributed by atoms with Gasteiger partial charge in [-0.05, 0) is 55.2 Å². The van der Waals surface area contributed by atoms with Gasteiger partial charge >= 0.3 is 0 Å². The van der Waals surface area contributed by atoms with Gasteiger partial charge in [-0.3, -0.25) is 0 Å². The van der Waals surface area contributed by atoms with Gasteiger partial charge in [-0.2, -0.15) is 0 Å². The van der Waals surface area contributed by atoms with E-state index in [1.54, 1.807) is 7.11 Å². The van der Waals surface area contributed by atoms with Crippen molar-refractivity contribution in [3.63, 3.8) is 0 Å². The number of benzene rings is 2. The van der Waals surface area contributed by atoms with Crippen LogP contribution < -0.4 is 0 Å². The first-order valence-corrected chi connectivity index (χ1v) is 10.6. The molecule has 0 amide bonds. The molecule has 1 aliphatic rings. The minimum atomic E-state index is -0.476. The number of rotatable bonds is 5. The lowest BCUT2D eigenvalue weighted by molar-refractivity contribution is -0.113. The predicted molar refractivity (Wildman–Crippen MR) is 119 cm³/mol. The number of halogens is 1. The lowest BCUT2D eigenvalue weighted by atomic mass is 9.94. The summed E-state index contributed by atoms with van der Waals surface area (Å²) in [6.07, 6.45) is 0.602. The summed E-state index contributed by atoms with van der Waals surface area (Å²) in [6.45, 7) is 3.77. The Balaban J connectivity index is 1.74. The van der Waals surface area contributed by atoms with Crippen LogP contribution in [0, 0.1) is 11.8 Å². The zero-order valence-electron chi connectivity index (χ0n) is 17.7. The van der Waals surface area contributed by atoms with Gasteiger partial charge < -0.3 is 19.7 Å². The largest absolute Gasteiger partial charge is 0.394 e. The third-order valence-corrected chi connectivity index (χ3v) is 5.76. The van der Waals surface area contributed by atoms with Gasteiger partial charge in [0.15, 0.2) is 0 Å². The molecule has 3 atom stereocenters. The van der Waals surface area contributed by atoms with Crippen LogP contribution in [0.3, 0.4) is 0 Å². The summed E-state index contributed by atoms with van der Waals surface area (Å²) in [7, 11) is 1.65. The third kappa shape index (κ3) is 6.07. The van der Waals surface area contributed by atoms with Gasteiger partial charge in [-0.25, -0.2) is 0 Å². The minimum Gasteiger partial charge on any atom is -0.394 e. The second kappa shape index (κ2) is 9.96. The zero-order chi connectivity index (χ0) is 21.7. The molecule has 0 spiro atoms. The van der Waals surface area contributed by atoms with Crippen molar-refractivity contribution >= 4 is 11.6 Å². The highest BCUT2D eigenvalue weighted by atomic mass is 35.5. The lowest BCUT2D eigenvalue weighted by Crippen LogP contribution is -2.33. The molecule has 0 saturated carbocycles. The van der Waals surface area contributed by atoms with Gasteiger partial charge in [0, 0.05) is 30.5 Å². The summed E-state index contributed by atoms with van der Waals surface area (Å²) in [6, 6.07) is 13.9. The van der Waals surface area contributed by atoms with Crippen LogP contribution in [0.25, 0.3) is 0 Å². The number of aliphatic hydroxyl groups is 2. The van der Waals surface area contributed by atoms with Crippen LogP contribution in [0.15, 0.2) is 42.5 Å². The molecule has 1 saturated heterocycles. The zero-order valence-corrected chi connectivity index (χ0v) is 18.4. The normalized spacial score (nSPS) is 21.7. The molecule has 1 heterocycles. The molecule has 2 aromatic rings. The van der Waals surface area contributed by atoms with Gasteiger partial charge in [-0.1, -0.05) is 47.7 Å². The smallest absolute Gasteiger partial charge is 0.123 e. The summed E-state index contributed by atoms with van der Waals surface area (Å²) < 4.78 is 11.3. The molecule has 0 aliphatic carbocycles. The second-order valence-corrected chi connectivity index (χ2v) is 8.65.